The quantitative estimate of drug-likeness (QED) is 0.380. The monoisotopic (exact) mass is 582 g/mol. The molecule has 0 spiro atoms. The van der Waals surface area contributed by atoms with Gasteiger partial charge in [0.05, 0.1) is 15.9 Å². The van der Waals surface area contributed by atoms with Gasteiger partial charge in [0.2, 0.25) is 10.9 Å². The van der Waals surface area contributed by atoms with E-state index in [2.05, 4.69) is 25.0 Å². The Morgan fingerprint density at radius 2 is 1.92 bits per heavy atom. The molecule has 0 bridgehead atoms. The summed E-state index contributed by atoms with van der Waals surface area (Å²) >= 11 is 0.512. The summed E-state index contributed by atoms with van der Waals surface area (Å²) in [7, 11) is -3.49. The van der Waals surface area contributed by atoms with Gasteiger partial charge in [-0.1, -0.05) is 11.3 Å². The normalized spacial score (nSPS) is 16.8. The number of aromatic nitrogens is 6. The number of anilines is 1. The van der Waals surface area contributed by atoms with Crippen molar-refractivity contribution in [2.45, 2.75) is 44.4 Å². The van der Waals surface area contributed by atoms with Crippen LogP contribution in [0.25, 0.3) is 22.6 Å². The smallest absolute Gasteiger partial charge is 0.358 e. The van der Waals surface area contributed by atoms with Gasteiger partial charge in [-0.2, -0.15) is 18.3 Å². The molecule has 0 unspecified atom stereocenters. The third-order valence-corrected chi connectivity index (χ3v) is 8.71. The fourth-order valence-corrected chi connectivity index (χ4v) is 6.19. The van der Waals surface area contributed by atoms with E-state index in [1.165, 1.54) is 22.9 Å². The van der Waals surface area contributed by atoms with Crippen LogP contribution in [0.5, 0.6) is 0 Å². The second-order valence-corrected chi connectivity index (χ2v) is 12.4. The van der Waals surface area contributed by atoms with Gasteiger partial charge in [-0.05, 0) is 39.0 Å². The van der Waals surface area contributed by atoms with E-state index in [1.807, 2.05) is 6.92 Å². The predicted molar refractivity (Wildman–Crippen MR) is 138 cm³/mol. The number of carbonyl (C=O) groups is 1. The van der Waals surface area contributed by atoms with Gasteiger partial charge in [-0.3, -0.25) is 4.79 Å². The van der Waals surface area contributed by atoms with E-state index in [1.54, 1.807) is 23.6 Å². The number of rotatable bonds is 5. The molecule has 0 saturated carbocycles. The maximum absolute atomic E-state index is 13.7. The highest BCUT2D eigenvalue weighted by atomic mass is 32.2. The Balaban J connectivity index is 1.44. The number of nitrogens with zero attached hydrogens (tertiary/aromatic N) is 7. The summed E-state index contributed by atoms with van der Waals surface area (Å²) in [5.74, 6) is 1.13. The van der Waals surface area contributed by atoms with Crippen molar-refractivity contribution in [3.8, 4) is 11.5 Å². The van der Waals surface area contributed by atoms with Crippen LogP contribution in [0.4, 0.5) is 18.2 Å². The summed E-state index contributed by atoms with van der Waals surface area (Å²) in [5, 5.41) is 3.48. The average Bonchev–Trinajstić information content (AvgIpc) is 3.53. The number of hydrogen-bond acceptors (Lipinski definition) is 9. The Labute approximate surface area is 225 Å². The Bertz CT molecular complexity index is 1680. The van der Waals surface area contributed by atoms with Gasteiger partial charge in [0.15, 0.2) is 15.7 Å². The standard InChI is InChI=1S/C23H25F3N8O3S2/c1-12-10-32(7-8-33(12)18(35)11-34-14(3)27-13(2)31-34)21-19(30-22(38-21)23(24,25)26)20-28-16-6-5-15(39(4,36)37)9-17(16)29-20/h5-6,9,12H,7-8,10-11H2,1-4H3,(H,28,29)/t12-/m1/s1. The summed E-state index contributed by atoms with van der Waals surface area (Å²) in [6, 6.07) is 3.98. The molecule has 16 heteroatoms. The molecule has 1 saturated heterocycles. The van der Waals surface area contributed by atoms with Crippen molar-refractivity contribution in [2.75, 3.05) is 30.8 Å². The Kier molecular flexibility index (Phi) is 6.65. The van der Waals surface area contributed by atoms with Gasteiger partial charge >= 0.3 is 6.18 Å². The number of halogens is 3. The molecule has 0 radical (unpaired) electrons. The number of carbonyl (C=O) groups excluding carboxylic acids is 1. The zero-order chi connectivity index (χ0) is 28.3. The third kappa shape index (κ3) is 5.34. The molecule has 11 nitrogen and oxygen atoms in total. The lowest BCUT2D eigenvalue weighted by Gasteiger charge is -2.40. The largest absolute Gasteiger partial charge is 0.443 e. The zero-order valence-corrected chi connectivity index (χ0v) is 23.1. The third-order valence-electron chi connectivity index (χ3n) is 6.44. The van der Waals surface area contributed by atoms with E-state index in [9.17, 15) is 26.4 Å². The summed E-state index contributed by atoms with van der Waals surface area (Å²) in [5.41, 5.74) is 0.778. The number of alkyl halides is 3. The molecular weight excluding hydrogens is 557 g/mol. The summed E-state index contributed by atoms with van der Waals surface area (Å²) < 4.78 is 66.5. The molecule has 1 atom stereocenters. The first-order chi connectivity index (χ1) is 18.2. The van der Waals surface area contributed by atoms with E-state index in [-0.39, 0.29) is 53.0 Å². The van der Waals surface area contributed by atoms with Crippen molar-refractivity contribution in [1.82, 2.24) is 34.6 Å². The molecule has 4 aromatic rings. The van der Waals surface area contributed by atoms with Gasteiger partial charge in [0.1, 0.15) is 28.9 Å². The van der Waals surface area contributed by atoms with E-state index in [0.29, 0.717) is 40.6 Å². The summed E-state index contributed by atoms with van der Waals surface area (Å²) in [6.07, 6.45) is -3.59. The number of amides is 1. The van der Waals surface area contributed by atoms with Crippen LogP contribution in [0, 0.1) is 13.8 Å². The van der Waals surface area contributed by atoms with Crippen molar-refractivity contribution in [3.63, 3.8) is 0 Å². The van der Waals surface area contributed by atoms with Crippen LogP contribution in [-0.4, -0.2) is 80.9 Å². The van der Waals surface area contributed by atoms with Crippen LogP contribution in [0.1, 0.15) is 23.6 Å². The number of nitrogens with one attached hydrogen (secondary N) is 1. The highest BCUT2D eigenvalue weighted by Crippen LogP contribution is 2.42. The van der Waals surface area contributed by atoms with Crippen LogP contribution in [0.15, 0.2) is 23.1 Å². The maximum Gasteiger partial charge on any atom is 0.443 e. The minimum Gasteiger partial charge on any atom is -0.358 e. The number of thiazole rings is 1. The van der Waals surface area contributed by atoms with Crippen LogP contribution in [-0.2, 0) is 27.4 Å². The van der Waals surface area contributed by atoms with Gasteiger partial charge < -0.3 is 14.8 Å². The SMILES string of the molecule is Cc1nc(C)n(CC(=O)N2CCN(c3sc(C(F)(F)F)nc3-c3nc4ccc(S(C)(=O)=O)cc4[nH]3)C[C@H]2C)n1. The van der Waals surface area contributed by atoms with E-state index >= 15 is 0 Å². The second-order valence-electron chi connectivity index (χ2n) is 9.45. The highest BCUT2D eigenvalue weighted by molar-refractivity contribution is 7.90. The van der Waals surface area contributed by atoms with E-state index < -0.39 is 21.0 Å². The number of sulfone groups is 1. The number of aromatic amines is 1. The minimum atomic E-state index is -4.66. The number of hydrogen-bond donors (Lipinski definition) is 1. The Morgan fingerprint density at radius 1 is 1.18 bits per heavy atom. The maximum atomic E-state index is 13.7. The van der Waals surface area contributed by atoms with Gasteiger partial charge in [0, 0.05) is 31.9 Å². The number of H-pyrrole nitrogens is 1. The van der Waals surface area contributed by atoms with E-state index in [0.717, 1.165) is 6.26 Å². The van der Waals surface area contributed by atoms with Crippen molar-refractivity contribution >= 4 is 43.1 Å². The summed E-state index contributed by atoms with van der Waals surface area (Å²) in [6.45, 7) is 6.23. The number of benzene rings is 1. The van der Waals surface area contributed by atoms with Crippen molar-refractivity contribution in [3.05, 3.63) is 34.9 Å². The molecule has 1 N–H and O–H groups in total. The average molecular weight is 583 g/mol. The Hall–Kier alpha value is -3.53. The molecule has 39 heavy (non-hydrogen) atoms. The number of imidazole rings is 1. The molecule has 208 valence electrons. The lowest BCUT2D eigenvalue weighted by atomic mass is 10.2. The molecule has 3 aromatic heterocycles. The van der Waals surface area contributed by atoms with Gasteiger partial charge in [0.25, 0.3) is 0 Å². The topological polar surface area (TPSA) is 130 Å². The highest BCUT2D eigenvalue weighted by Gasteiger charge is 2.39. The van der Waals surface area contributed by atoms with Crippen molar-refractivity contribution < 1.29 is 26.4 Å². The molecule has 1 amide bonds. The van der Waals surface area contributed by atoms with E-state index in [4.69, 9.17) is 0 Å². The molecule has 1 fully saturated rings. The van der Waals surface area contributed by atoms with Crippen LogP contribution in [0.2, 0.25) is 0 Å². The summed E-state index contributed by atoms with van der Waals surface area (Å²) in [4.78, 5) is 32.0. The molecule has 1 aliphatic heterocycles. The molecule has 4 heterocycles. The van der Waals surface area contributed by atoms with Crippen molar-refractivity contribution in [1.29, 1.82) is 0 Å². The first-order valence-electron chi connectivity index (χ1n) is 11.9. The number of aryl methyl sites for hydroxylation is 2. The lowest BCUT2D eigenvalue weighted by Crippen LogP contribution is -2.54. The fraction of sp³-hybridized carbons (Fsp3) is 0.435. The van der Waals surface area contributed by atoms with Crippen LogP contribution < -0.4 is 4.90 Å². The number of piperazine rings is 1. The number of fused-ring (bicyclic) bond motifs is 1. The molecular formula is C23H25F3N8O3S2. The van der Waals surface area contributed by atoms with Crippen molar-refractivity contribution in [2.24, 2.45) is 0 Å². The first-order valence-corrected chi connectivity index (χ1v) is 14.6. The van der Waals surface area contributed by atoms with Crippen LogP contribution in [0.3, 0.4) is 0 Å². The Morgan fingerprint density at radius 3 is 2.54 bits per heavy atom. The van der Waals surface area contributed by atoms with Gasteiger partial charge in [-0.25, -0.2) is 28.1 Å². The second kappa shape index (κ2) is 9.59. The van der Waals surface area contributed by atoms with Gasteiger partial charge in [-0.15, -0.1) is 0 Å². The lowest BCUT2D eigenvalue weighted by molar-refractivity contribution is -0.137. The zero-order valence-electron chi connectivity index (χ0n) is 21.4. The molecule has 1 aromatic carbocycles. The minimum absolute atomic E-state index is 0.0186. The first kappa shape index (κ1) is 27.1. The molecule has 1 aliphatic rings. The predicted octanol–water partition coefficient (Wildman–Crippen LogP) is 3.05. The van der Waals surface area contributed by atoms with Crippen LogP contribution >= 0.6 is 11.3 Å². The molecule has 0 aliphatic carbocycles. The molecule has 5 rings (SSSR count). The fourth-order valence-electron chi connectivity index (χ4n) is 4.58.